The molecule has 0 fully saturated rings. The molecule has 0 saturated carbocycles. The van der Waals surface area contributed by atoms with Gasteiger partial charge in [-0.2, -0.15) is 0 Å². The minimum Gasteiger partial charge on any atom is -0.304 e. The average Bonchev–Trinajstić information content (AvgIpc) is 2.52. The van der Waals surface area contributed by atoms with Crippen LogP contribution in [0, 0.1) is 5.82 Å². The molecule has 2 aromatic carbocycles. The highest BCUT2D eigenvalue weighted by Crippen LogP contribution is 2.22. The van der Waals surface area contributed by atoms with Gasteiger partial charge in [0.1, 0.15) is 5.82 Å². The molecule has 3 aromatic rings. The summed E-state index contributed by atoms with van der Waals surface area (Å²) in [6, 6.07) is 19.1. The number of nitrogens with zero attached hydrogens (tertiary/aromatic N) is 1. The van der Waals surface area contributed by atoms with Crippen molar-refractivity contribution in [2.75, 3.05) is 0 Å². The minimum atomic E-state index is -0.292. The first-order valence-electron chi connectivity index (χ1n) is 6.84. The lowest BCUT2D eigenvalue weighted by atomic mass is 10.1. The maximum absolute atomic E-state index is 13.1. The summed E-state index contributed by atoms with van der Waals surface area (Å²) in [5.74, 6) is -0.292. The van der Waals surface area contributed by atoms with Gasteiger partial charge >= 0.3 is 0 Å². The van der Waals surface area contributed by atoms with Crippen LogP contribution in [0.2, 0.25) is 0 Å². The van der Waals surface area contributed by atoms with E-state index in [4.69, 9.17) is 0 Å². The van der Waals surface area contributed by atoms with E-state index in [0.717, 1.165) is 21.3 Å². The van der Waals surface area contributed by atoms with Crippen LogP contribution < -0.4 is 5.56 Å². The predicted octanol–water partition coefficient (Wildman–Crippen LogP) is 4.47. The second-order valence-electron chi connectivity index (χ2n) is 4.93. The van der Waals surface area contributed by atoms with Crippen molar-refractivity contribution in [1.29, 1.82) is 0 Å². The zero-order valence-corrected chi connectivity index (χ0v) is 13.3. The molecule has 0 N–H and O–H groups in total. The van der Waals surface area contributed by atoms with Gasteiger partial charge in [-0.25, -0.2) is 4.39 Å². The molecular weight excluding hydrogens is 345 g/mol. The SMILES string of the molecule is O=c1cccc(-c2ccc(F)cc2)n1Cc1ccccc1Br. The Hall–Kier alpha value is -2.20. The summed E-state index contributed by atoms with van der Waals surface area (Å²) in [4.78, 5) is 12.3. The number of pyridine rings is 1. The van der Waals surface area contributed by atoms with E-state index in [1.54, 1.807) is 22.8 Å². The summed E-state index contributed by atoms with van der Waals surface area (Å²) >= 11 is 3.50. The molecule has 0 unspecified atom stereocenters. The molecule has 1 aromatic heterocycles. The molecule has 1 heterocycles. The Morgan fingerprint density at radius 2 is 1.64 bits per heavy atom. The Morgan fingerprint density at radius 1 is 0.909 bits per heavy atom. The molecule has 22 heavy (non-hydrogen) atoms. The molecule has 3 rings (SSSR count). The highest BCUT2D eigenvalue weighted by molar-refractivity contribution is 9.10. The van der Waals surface area contributed by atoms with Crippen molar-refractivity contribution in [1.82, 2.24) is 4.57 Å². The Kier molecular flexibility index (Phi) is 4.20. The van der Waals surface area contributed by atoms with E-state index in [-0.39, 0.29) is 11.4 Å². The molecule has 0 spiro atoms. The molecule has 0 atom stereocenters. The summed E-state index contributed by atoms with van der Waals surface area (Å²) in [7, 11) is 0. The quantitative estimate of drug-likeness (QED) is 0.677. The molecular formula is C18H13BrFNO. The van der Waals surface area contributed by atoms with Crippen LogP contribution in [0.25, 0.3) is 11.3 Å². The van der Waals surface area contributed by atoms with Crippen LogP contribution in [-0.2, 0) is 6.54 Å². The van der Waals surface area contributed by atoms with Gasteiger partial charge in [-0.05, 0) is 47.5 Å². The van der Waals surface area contributed by atoms with Crippen LogP contribution in [0.4, 0.5) is 4.39 Å². The molecule has 2 nitrogen and oxygen atoms in total. The largest absolute Gasteiger partial charge is 0.304 e. The monoisotopic (exact) mass is 357 g/mol. The van der Waals surface area contributed by atoms with Crippen LogP contribution in [0.1, 0.15) is 5.56 Å². The van der Waals surface area contributed by atoms with Crippen LogP contribution >= 0.6 is 15.9 Å². The van der Waals surface area contributed by atoms with Crippen LogP contribution in [-0.4, -0.2) is 4.57 Å². The highest BCUT2D eigenvalue weighted by atomic mass is 79.9. The van der Waals surface area contributed by atoms with Crippen LogP contribution in [0.15, 0.2) is 76.0 Å². The lowest BCUT2D eigenvalue weighted by Crippen LogP contribution is -2.21. The highest BCUT2D eigenvalue weighted by Gasteiger charge is 2.08. The van der Waals surface area contributed by atoms with Crippen molar-refractivity contribution in [2.24, 2.45) is 0 Å². The number of hydrogen-bond donors (Lipinski definition) is 0. The van der Waals surface area contributed by atoms with E-state index < -0.39 is 0 Å². The lowest BCUT2D eigenvalue weighted by Gasteiger charge is -2.14. The van der Waals surface area contributed by atoms with Crippen molar-refractivity contribution in [3.63, 3.8) is 0 Å². The number of halogens is 2. The van der Waals surface area contributed by atoms with Gasteiger partial charge in [0.25, 0.3) is 5.56 Å². The van der Waals surface area contributed by atoms with Gasteiger partial charge in [-0.1, -0.05) is 40.2 Å². The number of benzene rings is 2. The van der Waals surface area contributed by atoms with Gasteiger partial charge < -0.3 is 4.57 Å². The molecule has 0 radical (unpaired) electrons. The zero-order chi connectivity index (χ0) is 15.5. The standard InChI is InChI=1S/C18H13BrFNO/c19-16-5-2-1-4-14(16)12-21-17(6-3-7-18(21)22)13-8-10-15(20)11-9-13/h1-11H,12H2. The third-order valence-corrected chi connectivity index (χ3v) is 4.25. The molecule has 0 bridgehead atoms. The third-order valence-electron chi connectivity index (χ3n) is 3.48. The first kappa shape index (κ1) is 14.7. The molecule has 110 valence electrons. The van der Waals surface area contributed by atoms with E-state index in [0.29, 0.717) is 6.54 Å². The van der Waals surface area contributed by atoms with Crippen molar-refractivity contribution < 1.29 is 4.39 Å². The molecule has 0 aliphatic heterocycles. The summed E-state index contributed by atoms with van der Waals surface area (Å²) in [6.07, 6.45) is 0. The van der Waals surface area contributed by atoms with Crippen LogP contribution in [0.5, 0.6) is 0 Å². The second-order valence-corrected chi connectivity index (χ2v) is 5.79. The fourth-order valence-electron chi connectivity index (χ4n) is 2.35. The summed E-state index contributed by atoms with van der Waals surface area (Å²) in [6.45, 7) is 0.452. The van der Waals surface area contributed by atoms with Gasteiger partial charge in [-0.15, -0.1) is 0 Å². The van der Waals surface area contributed by atoms with E-state index in [1.165, 1.54) is 18.2 Å². The fraction of sp³-hybridized carbons (Fsp3) is 0.0556. The van der Waals surface area contributed by atoms with Gasteiger partial charge in [0.2, 0.25) is 0 Å². The lowest BCUT2D eigenvalue weighted by molar-refractivity contribution is 0.628. The third kappa shape index (κ3) is 3.02. The molecule has 0 saturated heterocycles. The number of rotatable bonds is 3. The van der Waals surface area contributed by atoms with Gasteiger partial charge in [-0.3, -0.25) is 4.79 Å². The molecule has 0 aliphatic rings. The molecule has 0 aliphatic carbocycles. The smallest absolute Gasteiger partial charge is 0.251 e. The van der Waals surface area contributed by atoms with Gasteiger partial charge in [0, 0.05) is 10.5 Å². The van der Waals surface area contributed by atoms with E-state index in [1.807, 2.05) is 30.3 Å². The summed E-state index contributed by atoms with van der Waals surface area (Å²) < 4.78 is 15.7. The Morgan fingerprint density at radius 3 is 2.36 bits per heavy atom. The Balaban J connectivity index is 2.10. The maximum atomic E-state index is 13.1. The van der Waals surface area contributed by atoms with Crippen molar-refractivity contribution in [3.05, 3.63) is 92.9 Å². The molecule has 0 amide bonds. The summed E-state index contributed by atoms with van der Waals surface area (Å²) in [5.41, 5.74) is 2.51. The zero-order valence-electron chi connectivity index (χ0n) is 11.7. The topological polar surface area (TPSA) is 22.0 Å². The summed E-state index contributed by atoms with van der Waals surface area (Å²) in [5, 5.41) is 0. The predicted molar refractivity (Wildman–Crippen MR) is 89.3 cm³/mol. The maximum Gasteiger partial charge on any atom is 0.251 e. The Bertz CT molecular complexity index is 855. The van der Waals surface area contributed by atoms with Crippen LogP contribution in [0.3, 0.4) is 0 Å². The first-order chi connectivity index (χ1) is 10.6. The number of aromatic nitrogens is 1. The van der Waals surface area contributed by atoms with Crippen molar-refractivity contribution in [3.8, 4) is 11.3 Å². The van der Waals surface area contributed by atoms with Crippen molar-refractivity contribution in [2.45, 2.75) is 6.54 Å². The molecule has 4 heteroatoms. The Labute approximate surface area is 136 Å². The van der Waals surface area contributed by atoms with E-state index >= 15 is 0 Å². The van der Waals surface area contributed by atoms with E-state index in [9.17, 15) is 9.18 Å². The number of hydrogen-bond acceptors (Lipinski definition) is 1. The normalized spacial score (nSPS) is 10.6. The first-order valence-corrected chi connectivity index (χ1v) is 7.63. The average molecular weight is 358 g/mol. The van der Waals surface area contributed by atoms with E-state index in [2.05, 4.69) is 15.9 Å². The van der Waals surface area contributed by atoms with Gasteiger partial charge in [0.05, 0.1) is 12.2 Å². The minimum absolute atomic E-state index is 0.0856. The van der Waals surface area contributed by atoms with Gasteiger partial charge in [0.15, 0.2) is 0 Å². The second kappa shape index (κ2) is 6.28. The fourth-order valence-corrected chi connectivity index (χ4v) is 2.76. The van der Waals surface area contributed by atoms with Crippen molar-refractivity contribution >= 4 is 15.9 Å².